The van der Waals surface area contributed by atoms with Crippen LogP contribution in [0.25, 0.3) is 0 Å². The molecule has 1 fully saturated rings. The summed E-state index contributed by atoms with van der Waals surface area (Å²) in [6.07, 6.45) is 4.55. The van der Waals surface area contributed by atoms with Gasteiger partial charge in [-0.3, -0.25) is 4.79 Å². The van der Waals surface area contributed by atoms with E-state index in [1.807, 2.05) is 47.4 Å². The van der Waals surface area contributed by atoms with Gasteiger partial charge >= 0.3 is 0 Å². The average molecular weight is 475 g/mol. The summed E-state index contributed by atoms with van der Waals surface area (Å²) in [7, 11) is 0. The Kier molecular flexibility index (Phi) is 7.65. The van der Waals surface area contributed by atoms with Crippen molar-refractivity contribution in [3.05, 3.63) is 100 Å². The second kappa shape index (κ2) is 10.8. The van der Waals surface area contributed by atoms with E-state index in [9.17, 15) is 14.4 Å². The Bertz CT molecular complexity index is 1160. The van der Waals surface area contributed by atoms with Crippen molar-refractivity contribution in [3.8, 4) is 6.07 Å². The van der Waals surface area contributed by atoms with Gasteiger partial charge in [0.05, 0.1) is 11.6 Å². The maximum Gasteiger partial charge on any atom is 0.230 e. The molecular formula is C29H28ClFN2O. The summed E-state index contributed by atoms with van der Waals surface area (Å²) in [5, 5.41) is 10.2. The van der Waals surface area contributed by atoms with Gasteiger partial charge in [-0.05, 0) is 85.8 Å². The van der Waals surface area contributed by atoms with Crippen LogP contribution in [0.15, 0.2) is 72.8 Å². The van der Waals surface area contributed by atoms with Crippen molar-refractivity contribution in [3.63, 3.8) is 0 Å². The van der Waals surface area contributed by atoms with E-state index < -0.39 is 0 Å². The number of amides is 1. The van der Waals surface area contributed by atoms with Gasteiger partial charge in [-0.15, -0.1) is 0 Å². The lowest BCUT2D eigenvalue weighted by Crippen LogP contribution is -2.45. The van der Waals surface area contributed by atoms with E-state index in [1.54, 1.807) is 18.2 Å². The molecule has 5 heteroatoms. The summed E-state index contributed by atoms with van der Waals surface area (Å²) in [4.78, 5) is 15.6. The average Bonchev–Trinajstić information content (AvgIpc) is 3.40. The number of hydrogen-bond acceptors (Lipinski definition) is 2. The maximum atomic E-state index is 13.8. The Morgan fingerprint density at radius 2 is 1.76 bits per heavy atom. The number of carbonyl (C=O) groups is 1. The van der Waals surface area contributed by atoms with Gasteiger partial charge < -0.3 is 4.90 Å². The lowest BCUT2D eigenvalue weighted by atomic mass is 9.84. The topological polar surface area (TPSA) is 44.1 Å². The van der Waals surface area contributed by atoms with Gasteiger partial charge in [0.15, 0.2) is 0 Å². The molecule has 0 bridgehead atoms. The fourth-order valence-corrected chi connectivity index (χ4v) is 5.12. The number of benzene rings is 3. The molecule has 0 spiro atoms. The third kappa shape index (κ3) is 5.48. The zero-order chi connectivity index (χ0) is 24.1. The molecule has 1 aliphatic rings. The van der Waals surface area contributed by atoms with E-state index >= 15 is 0 Å². The Morgan fingerprint density at radius 1 is 1.09 bits per heavy atom. The molecule has 2 unspecified atom stereocenters. The first-order valence-corrected chi connectivity index (χ1v) is 12.2. The molecule has 1 aliphatic carbocycles. The van der Waals surface area contributed by atoms with Crippen molar-refractivity contribution in [2.75, 3.05) is 4.90 Å². The number of hydrogen-bond donors (Lipinski definition) is 0. The van der Waals surface area contributed by atoms with Crippen molar-refractivity contribution in [1.29, 1.82) is 5.26 Å². The van der Waals surface area contributed by atoms with E-state index in [2.05, 4.69) is 13.0 Å². The Morgan fingerprint density at radius 3 is 2.41 bits per heavy atom. The monoisotopic (exact) mass is 474 g/mol. The molecule has 1 saturated carbocycles. The molecule has 0 heterocycles. The van der Waals surface area contributed by atoms with Crippen molar-refractivity contribution in [2.45, 2.75) is 51.0 Å². The zero-order valence-electron chi connectivity index (χ0n) is 19.3. The summed E-state index contributed by atoms with van der Waals surface area (Å²) in [6, 6.07) is 23.5. The molecule has 0 N–H and O–H groups in total. The highest BCUT2D eigenvalue weighted by Crippen LogP contribution is 2.35. The molecule has 174 valence electrons. The van der Waals surface area contributed by atoms with E-state index in [4.69, 9.17) is 11.6 Å². The number of carbonyl (C=O) groups excluding carboxylic acids is 1. The van der Waals surface area contributed by atoms with Crippen molar-refractivity contribution in [2.24, 2.45) is 5.92 Å². The molecule has 0 aromatic heterocycles. The number of anilines is 1. The Balaban J connectivity index is 1.76. The zero-order valence-corrected chi connectivity index (χ0v) is 20.0. The molecule has 0 aliphatic heterocycles. The minimum atomic E-state index is -0.330. The van der Waals surface area contributed by atoms with Crippen LogP contribution in [0.1, 0.15) is 55.2 Å². The van der Waals surface area contributed by atoms with Gasteiger partial charge in [-0.1, -0.05) is 48.7 Å². The number of nitrogens with zero attached hydrogens (tertiary/aromatic N) is 2. The van der Waals surface area contributed by atoms with Crippen molar-refractivity contribution < 1.29 is 9.18 Å². The smallest absolute Gasteiger partial charge is 0.230 e. The maximum absolute atomic E-state index is 13.8. The van der Waals surface area contributed by atoms with Gasteiger partial charge in [-0.25, -0.2) is 4.39 Å². The molecule has 1 amide bonds. The second-order valence-corrected chi connectivity index (χ2v) is 9.52. The summed E-state index contributed by atoms with van der Waals surface area (Å²) < 4.78 is 13.7. The first-order valence-electron chi connectivity index (χ1n) is 11.8. The Labute approximate surface area is 205 Å². The van der Waals surface area contributed by atoms with Gasteiger partial charge in [0.2, 0.25) is 5.91 Å². The highest BCUT2D eigenvalue weighted by atomic mass is 35.5. The predicted octanol–water partition coefficient (Wildman–Crippen LogP) is 7.29. The third-order valence-corrected chi connectivity index (χ3v) is 7.10. The van der Waals surface area contributed by atoms with Crippen LogP contribution in [-0.2, 0) is 11.2 Å². The third-order valence-electron chi connectivity index (χ3n) is 6.85. The number of halogens is 2. The quantitative estimate of drug-likeness (QED) is 0.361. The normalized spacial score (nSPS) is 15.5. The van der Waals surface area contributed by atoms with E-state index in [0.29, 0.717) is 22.7 Å². The summed E-state index contributed by atoms with van der Waals surface area (Å²) in [5.74, 6) is -0.336. The molecular weight excluding hydrogens is 447 g/mol. The SMILES string of the molecule is CC(C(Cc1ccc(Cl)cc1)c1cccc(C#N)c1)N(C(=O)C1CCCC1)c1ccc(F)cc1. The van der Waals surface area contributed by atoms with Crippen LogP contribution in [0.2, 0.25) is 5.02 Å². The van der Waals surface area contributed by atoms with E-state index in [0.717, 1.165) is 36.8 Å². The van der Waals surface area contributed by atoms with Crippen LogP contribution in [0.3, 0.4) is 0 Å². The molecule has 0 saturated heterocycles. The number of nitriles is 1. The molecule has 3 aromatic carbocycles. The van der Waals surface area contributed by atoms with Crippen LogP contribution < -0.4 is 4.90 Å². The lowest BCUT2D eigenvalue weighted by Gasteiger charge is -2.37. The molecule has 3 nitrogen and oxygen atoms in total. The van der Waals surface area contributed by atoms with Crippen LogP contribution in [0.4, 0.5) is 10.1 Å². The largest absolute Gasteiger partial charge is 0.309 e. The van der Waals surface area contributed by atoms with E-state index in [-0.39, 0.29) is 29.6 Å². The van der Waals surface area contributed by atoms with Gasteiger partial charge in [0.25, 0.3) is 0 Å². The van der Waals surface area contributed by atoms with Crippen LogP contribution >= 0.6 is 11.6 Å². The van der Waals surface area contributed by atoms with Crippen LogP contribution in [0.5, 0.6) is 0 Å². The van der Waals surface area contributed by atoms with E-state index in [1.165, 1.54) is 12.1 Å². The van der Waals surface area contributed by atoms with Crippen molar-refractivity contribution >= 4 is 23.2 Å². The molecule has 2 atom stereocenters. The second-order valence-electron chi connectivity index (χ2n) is 9.08. The summed E-state index contributed by atoms with van der Waals surface area (Å²) in [6.45, 7) is 2.05. The molecule has 0 radical (unpaired) electrons. The fraction of sp³-hybridized carbons (Fsp3) is 0.310. The van der Waals surface area contributed by atoms with Crippen LogP contribution in [0, 0.1) is 23.1 Å². The molecule has 34 heavy (non-hydrogen) atoms. The lowest BCUT2D eigenvalue weighted by molar-refractivity contribution is -0.122. The minimum Gasteiger partial charge on any atom is -0.309 e. The van der Waals surface area contributed by atoms with Gasteiger partial charge in [0, 0.05) is 28.6 Å². The van der Waals surface area contributed by atoms with Crippen molar-refractivity contribution in [1.82, 2.24) is 0 Å². The van der Waals surface area contributed by atoms with Crippen LogP contribution in [-0.4, -0.2) is 11.9 Å². The number of rotatable bonds is 7. The Hall–Kier alpha value is -3.16. The predicted molar refractivity (Wildman–Crippen MR) is 134 cm³/mol. The highest BCUT2D eigenvalue weighted by molar-refractivity contribution is 6.30. The fourth-order valence-electron chi connectivity index (χ4n) is 4.99. The first kappa shape index (κ1) is 24.0. The van der Waals surface area contributed by atoms with Gasteiger partial charge in [0.1, 0.15) is 5.82 Å². The first-order chi connectivity index (χ1) is 16.5. The molecule has 3 aromatic rings. The standard InChI is InChI=1S/C29H28ClFN2O/c1-20(33(27-15-13-26(31)14-16-27)29(34)23-6-2-3-7-23)28(18-21-9-11-25(30)12-10-21)24-8-4-5-22(17-24)19-32/h4-5,8-17,20,23,28H,2-3,6-7,18H2,1H3. The summed E-state index contributed by atoms with van der Waals surface area (Å²) in [5.41, 5.74) is 3.37. The molecule has 4 rings (SSSR count). The van der Waals surface area contributed by atoms with Gasteiger partial charge in [-0.2, -0.15) is 5.26 Å². The summed E-state index contributed by atoms with van der Waals surface area (Å²) >= 11 is 6.11. The minimum absolute atomic E-state index is 0.0193. The highest BCUT2D eigenvalue weighted by Gasteiger charge is 2.35.